The van der Waals surface area contributed by atoms with Crippen LogP contribution in [0.4, 0.5) is 0 Å². The summed E-state index contributed by atoms with van der Waals surface area (Å²) in [4.78, 5) is 16.9. The van der Waals surface area contributed by atoms with Crippen LogP contribution in [0.2, 0.25) is 0 Å². The molecule has 0 aromatic rings. The smallest absolute Gasteiger partial charge is 0.248 e. The molecule has 0 aliphatic carbocycles. The number of ether oxygens (including phenoxy) is 3. The maximum atomic E-state index is 12.4. The number of morpholine rings is 1. The number of hydrogen-bond donors (Lipinski definition) is 0. The molecule has 3 atom stereocenters. The van der Waals surface area contributed by atoms with Gasteiger partial charge in [0.15, 0.2) is 0 Å². The highest BCUT2D eigenvalue weighted by atomic mass is 16.5. The molecule has 6 heteroatoms. The van der Waals surface area contributed by atoms with Crippen molar-refractivity contribution in [3.05, 3.63) is 0 Å². The van der Waals surface area contributed by atoms with Crippen molar-refractivity contribution in [2.24, 2.45) is 5.92 Å². The molecule has 1 amide bonds. The summed E-state index contributed by atoms with van der Waals surface area (Å²) in [6, 6.07) is 0.478. The van der Waals surface area contributed by atoms with Crippen molar-refractivity contribution < 1.29 is 19.0 Å². The van der Waals surface area contributed by atoms with Crippen LogP contribution in [0, 0.1) is 5.92 Å². The molecule has 3 saturated heterocycles. The van der Waals surface area contributed by atoms with Crippen molar-refractivity contribution >= 4 is 5.91 Å². The third-order valence-corrected chi connectivity index (χ3v) is 5.35. The molecule has 0 aromatic carbocycles. The Kier molecular flexibility index (Phi) is 6.28. The molecule has 0 N–H and O–H groups in total. The van der Waals surface area contributed by atoms with Gasteiger partial charge in [-0.1, -0.05) is 13.3 Å². The van der Waals surface area contributed by atoms with Gasteiger partial charge in [-0.05, 0) is 18.8 Å². The van der Waals surface area contributed by atoms with E-state index < -0.39 is 0 Å². The first-order chi connectivity index (χ1) is 11.3. The van der Waals surface area contributed by atoms with Gasteiger partial charge in [0.1, 0.15) is 6.61 Å². The SMILES string of the molecule is CC[C@@H]1CN(C(=O)COC[C@H]2CCCO2)C[C@@H]1N1CCOCC1. The summed E-state index contributed by atoms with van der Waals surface area (Å²) in [6.07, 6.45) is 3.45. The van der Waals surface area contributed by atoms with Crippen molar-refractivity contribution in [3.8, 4) is 0 Å². The molecule has 132 valence electrons. The zero-order valence-corrected chi connectivity index (χ0v) is 14.2. The number of carbonyl (C=O) groups excluding carboxylic acids is 1. The number of hydrogen-bond acceptors (Lipinski definition) is 5. The highest BCUT2D eigenvalue weighted by molar-refractivity contribution is 5.77. The fraction of sp³-hybridized carbons (Fsp3) is 0.941. The van der Waals surface area contributed by atoms with Gasteiger partial charge in [0.2, 0.25) is 5.91 Å². The van der Waals surface area contributed by atoms with Gasteiger partial charge in [0.05, 0.1) is 25.9 Å². The first kappa shape index (κ1) is 17.1. The van der Waals surface area contributed by atoms with Crippen LogP contribution in [-0.2, 0) is 19.0 Å². The minimum Gasteiger partial charge on any atom is -0.379 e. The molecule has 0 spiro atoms. The molecule has 3 aliphatic heterocycles. The van der Waals surface area contributed by atoms with Crippen LogP contribution in [0.1, 0.15) is 26.2 Å². The van der Waals surface area contributed by atoms with Gasteiger partial charge in [-0.3, -0.25) is 9.69 Å². The average molecular weight is 326 g/mol. The summed E-state index contributed by atoms with van der Waals surface area (Å²) in [5, 5.41) is 0. The summed E-state index contributed by atoms with van der Waals surface area (Å²) in [5.74, 6) is 0.687. The standard InChI is InChI=1S/C17H30N2O4/c1-2-14-10-19(11-16(14)18-5-8-21-9-6-18)17(20)13-22-12-15-4-3-7-23-15/h14-16H,2-13H2,1H3/t14-,15-,16+/m1/s1. The van der Waals surface area contributed by atoms with Crippen molar-refractivity contribution in [2.75, 3.05) is 59.2 Å². The van der Waals surface area contributed by atoms with Crippen LogP contribution in [0.5, 0.6) is 0 Å². The Balaban J connectivity index is 1.44. The molecule has 3 aliphatic rings. The molecule has 0 unspecified atom stereocenters. The van der Waals surface area contributed by atoms with Gasteiger partial charge in [0, 0.05) is 38.8 Å². The maximum absolute atomic E-state index is 12.4. The second kappa shape index (κ2) is 8.42. The molecule has 0 saturated carbocycles. The van der Waals surface area contributed by atoms with Gasteiger partial charge >= 0.3 is 0 Å². The van der Waals surface area contributed by atoms with Crippen molar-refractivity contribution in [2.45, 2.75) is 38.3 Å². The fourth-order valence-electron chi connectivity index (χ4n) is 3.93. The Morgan fingerprint density at radius 1 is 1.22 bits per heavy atom. The summed E-state index contributed by atoms with van der Waals surface area (Å²) in [5.41, 5.74) is 0. The normalized spacial score (nSPS) is 32.6. The van der Waals surface area contributed by atoms with Gasteiger partial charge < -0.3 is 19.1 Å². The third-order valence-electron chi connectivity index (χ3n) is 5.35. The topological polar surface area (TPSA) is 51.2 Å². The van der Waals surface area contributed by atoms with Crippen LogP contribution in [0.15, 0.2) is 0 Å². The predicted molar refractivity (Wildman–Crippen MR) is 86.3 cm³/mol. The molecule has 3 fully saturated rings. The molecule has 3 heterocycles. The Bertz CT molecular complexity index is 381. The molecule has 0 aromatic heterocycles. The van der Waals surface area contributed by atoms with Crippen LogP contribution in [-0.4, -0.2) is 87.1 Å². The number of nitrogens with zero attached hydrogens (tertiary/aromatic N) is 2. The zero-order chi connectivity index (χ0) is 16.1. The summed E-state index contributed by atoms with van der Waals surface area (Å²) in [6.45, 7) is 9.07. The van der Waals surface area contributed by atoms with E-state index in [4.69, 9.17) is 14.2 Å². The number of likely N-dealkylation sites (tertiary alicyclic amines) is 1. The average Bonchev–Trinajstić information content (AvgIpc) is 3.25. The van der Waals surface area contributed by atoms with E-state index in [-0.39, 0.29) is 18.6 Å². The largest absolute Gasteiger partial charge is 0.379 e. The molecule has 6 nitrogen and oxygen atoms in total. The lowest BCUT2D eigenvalue weighted by atomic mass is 9.99. The van der Waals surface area contributed by atoms with Crippen LogP contribution in [0.25, 0.3) is 0 Å². The monoisotopic (exact) mass is 326 g/mol. The minimum atomic E-state index is 0.122. The molecule has 0 bridgehead atoms. The van der Waals surface area contributed by atoms with Gasteiger partial charge in [-0.2, -0.15) is 0 Å². The molecule has 23 heavy (non-hydrogen) atoms. The second-order valence-corrected chi connectivity index (χ2v) is 6.83. The van der Waals surface area contributed by atoms with E-state index in [2.05, 4.69) is 11.8 Å². The van der Waals surface area contributed by atoms with Gasteiger partial charge in [-0.25, -0.2) is 0 Å². The van der Waals surface area contributed by atoms with Gasteiger partial charge in [-0.15, -0.1) is 0 Å². The predicted octanol–water partition coefficient (Wildman–Crippen LogP) is 0.751. The maximum Gasteiger partial charge on any atom is 0.248 e. The molecule has 0 radical (unpaired) electrons. The Morgan fingerprint density at radius 3 is 2.74 bits per heavy atom. The lowest BCUT2D eigenvalue weighted by Crippen LogP contribution is -2.47. The van der Waals surface area contributed by atoms with Crippen LogP contribution < -0.4 is 0 Å². The van der Waals surface area contributed by atoms with E-state index in [1.54, 1.807) is 0 Å². The van der Waals surface area contributed by atoms with Crippen molar-refractivity contribution in [1.82, 2.24) is 9.80 Å². The van der Waals surface area contributed by atoms with Crippen molar-refractivity contribution in [1.29, 1.82) is 0 Å². The van der Waals surface area contributed by atoms with Crippen LogP contribution in [0.3, 0.4) is 0 Å². The number of rotatable bonds is 6. The fourth-order valence-corrected chi connectivity index (χ4v) is 3.93. The molecule has 3 rings (SSSR count). The number of amides is 1. The van der Waals surface area contributed by atoms with E-state index in [1.165, 1.54) is 0 Å². The zero-order valence-electron chi connectivity index (χ0n) is 14.2. The van der Waals surface area contributed by atoms with Gasteiger partial charge in [0.25, 0.3) is 0 Å². The van der Waals surface area contributed by atoms with E-state index in [0.29, 0.717) is 18.6 Å². The Labute approximate surface area is 139 Å². The Morgan fingerprint density at radius 2 is 2.04 bits per heavy atom. The molecular weight excluding hydrogens is 296 g/mol. The number of carbonyl (C=O) groups is 1. The quantitative estimate of drug-likeness (QED) is 0.721. The first-order valence-corrected chi connectivity index (χ1v) is 9.07. The second-order valence-electron chi connectivity index (χ2n) is 6.83. The van der Waals surface area contributed by atoms with E-state index in [0.717, 1.165) is 65.3 Å². The van der Waals surface area contributed by atoms with Crippen LogP contribution >= 0.6 is 0 Å². The first-order valence-electron chi connectivity index (χ1n) is 9.07. The Hall–Kier alpha value is -0.690. The summed E-state index contributed by atoms with van der Waals surface area (Å²) in [7, 11) is 0. The van der Waals surface area contributed by atoms with Crippen molar-refractivity contribution in [3.63, 3.8) is 0 Å². The third kappa shape index (κ3) is 4.44. The van der Waals surface area contributed by atoms with E-state index >= 15 is 0 Å². The lowest BCUT2D eigenvalue weighted by Gasteiger charge is -2.34. The van der Waals surface area contributed by atoms with E-state index in [1.807, 2.05) is 4.90 Å². The lowest BCUT2D eigenvalue weighted by molar-refractivity contribution is -0.136. The highest BCUT2D eigenvalue weighted by Gasteiger charge is 2.38. The van der Waals surface area contributed by atoms with E-state index in [9.17, 15) is 4.79 Å². The summed E-state index contributed by atoms with van der Waals surface area (Å²) < 4.78 is 16.6. The molecular formula is C17H30N2O4. The minimum absolute atomic E-state index is 0.122. The summed E-state index contributed by atoms with van der Waals surface area (Å²) >= 11 is 0. The highest BCUT2D eigenvalue weighted by Crippen LogP contribution is 2.25.